The van der Waals surface area contributed by atoms with Crippen LogP contribution in [0.15, 0.2) is 10.2 Å². The van der Waals surface area contributed by atoms with Gasteiger partial charge < -0.3 is 0 Å². The van der Waals surface area contributed by atoms with Gasteiger partial charge in [0, 0.05) is 6.42 Å². The van der Waals surface area contributed by atoms with Gasteiger partial charge in [0.1, 0.15) is 0 Å². The average Bonchev–Trinajstić information content (AvgIpc) is 2.17. The Bertz CT molecular complexity index is 221. The molecule has 0 amide bonds. The molecule has 0 fully saturated rings. The van der Waals surface area contributed by atoms with Crippen molar-refractivity contribution in [2.45, 2.75) is 38.6 Å². The number of hydrogen-bond donors (Lipinski definition) is 0. The molecule has 0 aliphatic rings. The molecular formula is C9H14N4. The summed E-state index contributed by atoms with van der Waals surface area (Å²) in [4.78, 5) is 0. The molecule has 1 unspecified atom stereocenters. The average molecular weight is 178 g/mol. The van der Waals surface area contributed by atoms with E-state index in [1.54, 1.807) is 0 Å². The van der Waals surface area contributed by atoms with Crippen LogP contribution >= 0.6 is 0 Å². The molecule has 1 atom stereocenters. The van der Waals surface area contributed by atoms with E-state index in [4.69, 9.17) is 10.5 Å². The van der Waals surface area contributed by atoms with Crippen LogP contribution in [0.1, 0.15) is 32.6 Å². The van der Waals surface area contributed by atoms with Crippen molar-refractivity contribution < 1.29 is 0 Å². The fraction of sp³-hybridized carbons (Fsp3) is 0.778. The second-order valence-corrected chi connectivity index (χ2v) is 2.68. The Balaban J connectivity index is 3.66. The molecule has 70 valence electrons. The summed E-state index contributed by atoms with van der Waals surface area (Å²) >= 11 is 0. The molecule has 0 heterocycles. The lowest BCUT2D eigenvalue weighted by molar-refractivity contribution is 0.674. The molecule has 13 heavy (non-hydrogen) atoms. The van der Waals surface area contributed by atoms with Gasteiger partial charge in [-0.05, 0) is 12.8 Å². The summed E-state index contributed by atoms with van der Waals surface area (Å²) < 4.78 is 0. The van der Waals surface area contributed by atoms with E-state index in [2.05, 4.69) is 17.2 Å². The molecule has 0 rings (SSSR count). The first-order valence-electron chi connectivity index (χ1n) is 4.48. The third-order valence-electron chi connectivity index (χ3n) is 1.51. The first-order valence-corrected chi connectivity index (χ1v) is 4.48. The Morgan fingerprint density at radius 2 is 2.15 bits per heavy atom. The molecule has 0 radical (unpaired) electrons. The molecule has 0 spiro atoms. The van der Waals surface area contributed by atoms with E-state index in [-0.39, 0.29) is 0 Å². The van der Waals surface area contributed by atoms with Gasteiger partial charge >= 0.3 is 0 Å². The van der Waals surface area contributed by atoms with Gasteiger partial charge in [-0.25, -0.2) is 0 Å². The van der Waals surface area contributed by atoms with Gasteiger partial charge in [-0.2, -0.15) is 20.8 Å². The van der Waals surface area contributed by atoms with Crippen LogP contribution in [0.4, 0.5) is 0 Å². The predicted molar refractivity (Wildman–Crippen MR) is 48.9 cm³/mol. The van der Waals surface area contributed by atoms with E-state index in [0.717, 1.165) is 12.8 Å². The van der Waals surface area contributed by atoms with Crippen LogP contribution in [0.3, 0.4) is 0 Å². The van der Waals surface area contributed by atoms with Gasteiger partial charge in [-0.3, -0.25) is 0 Å². The summed E-state index contributed by atoms with van der Waals surface area (Å²) in [6, 6.07) is 3.55. The summed E-state index contributed by atoms with van der Waals surface area (Å²) in [5.41, 5.74) is 0. The minimum atomic E-state index is -0.434. The smallest absolute Gasteiger partial charge is 0.158 e. The van der Waals surface area contributed by atoms with E-state index >= 15 is 0 Å². The topological polar surface area (TPSA) is 72.3 Å². The van der Waals surface area contributed by atoms with E-state index < -0.39 is 6.04 Å². The molecule has 0 saturated carbocycles. The van der Waals surface area contributed by atoms with Crippen LogP contribution in [-0.2, 0) is 0 Å². The summed E-state index contributed by atoms with van der Waals surface area (Å²) in [5.74, 6) is 0. The minimum absolute atomic E-state index is 0.366. The summed E-state index contributed by atoms with van der Waals surface area (Å²) in [7, 11) is 0. The fourth-order valence-corrected chi connectivity index (χ4v) is 0.734. The van der Waals surface area contributed by atoms with E-state index in [0.29, 0.717) is 19.4 Å². The SMILES string of the molecule is CCCCN=NC(C#N)CCC#N. The number of nitrogens with zero attached hydrogens (tertiary/aromatic N) is 4. The maximum absolute atomic E-state index is 8.60. The summed E-state index contributed by atoms with van der Waals surface area (Å²) in [6.07, 6.45) is 2.93. The largest absolute Gasteiger partial charge is 0.198 e. The van der Waals surface area contributed by atoms with Crippen LogP contribution in [-0.4, -0.2) is 12.6 Å². The number of hydrogen-bond acceptors (Lipinski definition) is 4. The molecule has 4 nitrogen and oxygen atoms in total. The highest BCUT2D eigenvalue weighted by Gasteiger charge is 2.02. The van der Waals surface area contributed by atoms with Crippen molar-refractivity contribution in [1.29, 1.82) is 10.5 Å². The van der Waals surface area contributed by atoms with Crippen LogP contribution in [0.2, 0.25) is 0 Å². The lowest BCUT2D eigenvalue weighted by atomic mass is 10.2. The van der Waals surface area contributed by atoms with E-state index in [1.165, 1.54) is 0 Å². The molecule has 0 aliphatic heterocycles. The van der Waals surface area contributed by atoms with Crippen molar-refractivity contribution in [1.82, 2.24) is 0 Å². The van der Waals surface area contributed by atoms with Crippen LogP contribution < -0.4 is 0 Å². The summed E-state index contributed by atoms with van der Waals surface area (Å²) in [5, 5.41) is 24.6. The highest BCUT2D eigenvalue weighted by molar-refractivity contribution is 4.91. The Labute approximate surface area is 78.9 Å². The quantitative estimate of drug-likeness (QED) is 0.462. The molecule has 0 saturated heterocycles. The second kappa shape index (κ2) is 8.67. The fourth-order valence-electron chi connectivity index (χ4n) is 0.734. The molecule has 0 bridgehead atoms. The van der Waals surface area contributed by atoms with E-state index in [9.17, 15) is 0 Å². The van der Waals surface area contributed by atoms with Crippen LogP contribution in [0.25, 0.3) is 0 Å². The lowest BCUT2D eigenvalue weighted by Crippen LogP contribution is -1.98. The van der Waals surface area contributed by atoms with Crippen LogP contribution in [0, 0.1) is 22.7 Å². The first kappa shape index (κ1) is 11.6. The minimum Gasteiger partial charge on any atom is -0.198 e. The highest BCUT2D eigenvalue weighted by Crippen LogP contribution is 2.01. The third kappa shape index (κ3) is 6.96. The molecule has 0 aromatic heterocycles. The Morgan fingerprint density at radius 3 is 2.69 bits per heavy atom. The van der Waals surface area contributed by atoms with Crippen molar-refractivity contribution >= 4 is 0 Å². The molecule has 4 heteroatoms. The monoisotopic (exact) mass is 178 g/mol. The van der Waals surface area contributed by atoms with Crippen molar-refractivity contribution in [3.8, 4) is 12.1 Å². The number of unbranched alkanes of at least 4 members (excludes halogenated alkanes) is 1. The van der Waals surface area contributed by atoms with Gasteiger partial charge in [0.15, 0.2) is 6.04 Å². The third-order valence-corrected chi connectivity index (χ3v) is 1.51. The molecule has 0 aromatic carbocycles. The van der Waals surface area contributed by atoms with Crippen molar-refractivity contribution in [2.24, 2.45) is 10.2 Å². The van der Waals surface area contributed by atoms with Gasteiger partial charge in [0.05, 0.1) is 18.7 Å². The Morgan fingerprint density at radius 1 is 1.38 bits per heavy atom. The van der Waals surface area contributed by atoms with Crippen molar-refractivity contribution in [3.05, 3.63) is 0 Å². The Hall–Kier alpha value is -1.42. The van der Waals surface area contributed by atoms with Crippen molar-refractivity contribution in [2.75, 3.05) is 6.54 Å². The van der Waals surface area contributed by atoms with Gasteiger partial charge in [-0.15, -0.1) is 0 Å². The second-order valence-electron chi connectivity index (χ2n) is 2.68. The maximum Gasteiger partial charge on any atom is 0.158 e. The normalized spacial score (nSPS) is 12.2. The Kier molecular flexibility index (Phi) is 7.73. The zero-order valence-electron chi connectivity index (χ0n) is 7.90. The van der Waals surface area contributed by atoms with Gasteiger partial charge in [0.25, 0.3) is 0 Å². The van der Waals surface area contributed by atoms with E-state index in [1.807, 2.05) is 12.1 Å². The number of rotatable bonds is 6. The molecule has 0 aromatic rings. The lowest BCUT2D eigenvalue weighted by Gasteiger charge is -1.96. The summed E-state index contributed by atoms with van der Waals surface area (Å²) in [6.45, 7) is 2.76. The predicted octanol–water partition coefficient (Wildman–Crippen LogP) is 2.43. The zero-order chi connectivity index (χ0) is 9.94. The van der Waals surface area contributed by atoms with Gasteiger partial charge in [0.2, 0.25) is 0 Å². The standard InChI is InChI=1S/C9H14N4/c1-2-3-7-12-13-9(8-11)5-4-6-10/h9H,2-5,7H2,1H3. The molecule has 0 N–H and O–H groups in total. The zero-order valence-corrected chi connectivity index (χ0v) is 7.90. The van der Waals surface area contributed by atoms with Crippen molar-refractivity contribution in [3.63, 3.8) is 0 Å². The maximum atomic E-state index is 8.60. The number of azo groups is 1. The van der Waals surface area contributed by atoms with Crippen LogP contribution in [0.5, 0.6) is 0 Å². The molecule has 0 aliphatic carbocycles. The first-order chi connectivity index (χ1) is 6.35. The molecular weight excluding hydrogens is 164 g/mol. The highest BCUT2D eigenvalue weighted by atomic mass is 15.1. The number of nitriles is 2. The van der Waals surface area contributed by atoms with Gasteiger partial charge in [-0.1, -0.05) is 13.3 Å².